The number of ether oxygens (including phenoxy) is 1. The van der Waals surface area contributed by atoms with Gasteiger partial charge in [-0.05, 0) is 25.3 Å². The molecule has 8 N–H and O–H groups in total. The van der Waals surface area contributed by atoms with Crippen LogP contribution in [0.4, 0.5) is 4.79 Å². The van der Waals surface area contributed by atoms with Crippen molar-refractivity contribution in [1.82, 2.24) is 20.9 Å². The molecule has 0 saturated carbocycles. The van der Waals surface area contributed by atoms with Crippen LogP contribution in [0.1, 0.15) is 25.3 Å². The first-order valence-corrected chi connectivity index (χ1v) is 10.2. The number of nitrogens with one attached hydrogen (secondary N) is 4. The Kier molecular flexibility index (Phi) is 9.22. The zero-order chi connectivity index (χ0) is 23.7. The van der Waals surface area contributed by atoms with Crippen LogP contribution in [0.5, 0.6) is 0 Å². The van der Waals surface area contributed by atoms with E-state index in [1.807, 2.05) is 6.07 Å². The maximum atomic E-state index is 12.4. The zero-order valence-electron chi connectivity index (χ0n) is 17.8. The second-order valence-electron chi connectivity index (χ2n) is 7.42. The Morgan fingerprint density at radius 1 is 1.25 bits per heavy atom. The van der Waals surface area contributed by atoms with Crippen molar-refractivity contribution in [2.75, 3.05) is 13.2 Å². The van der Waals surface area contributed by atoms with E-state index in [9.17, 15) is 24.6 Å². The van der Waals surface area contributed by atoms with Crippen LogP contribution in [-0.4, -0.2) is 76.5 Å². The lowest BCUT2D eigenvalue weighted by molar-refractivity contribution is -0.131. The van der Waals surface area contributed by atoms with Crippen LogP contribution in [0.2, 0.25) is 0 Å². The number of hydrogen-bond donors (Lipinski definition) is 7. The number of amides is 3. The highest BCUT2D eigenvalue weighted by molar-refractivity contribution is 5.91. The summed E-state index contributed by atoms with van der Waals surface area (Å²) < 4.78 is 5.02. The van der Waals surface area contributed by atoms with E-state index in [4.69, 9.17) is 15.9 Å². The average Bonchev–Trinajstić information content (AvgIpc) is 2.77. The summed E-state index contributed by atoms with van der Waals surface area (Å²) in [6.07, 6.45) is -0.954. The van der Waals surface area contributed by atoms with Crippen molar-refractivity contribution in [3.8, 4) is 0 Å². The quantitative estimate of drug-likeness (QED) is 0.185. The van der Waals surface area contributed by atoms with E-state index in [1.54, 1.807) is 24.3 Å². The van der Waals surface area contributed by atoms with E-state index < -0.39 is 48.9 Å². The van der Waals surface area contributed by atoms with Crippen molar-refractivity contribution in [2.24, 2.45) is 5.73 Å². The first kappa shape index (κ1) is 24.9. The molecule has 4 atom stereocenters. The van der Waals surface area contributed by atoms with Gasteiger partial charge in [0.1, 0.15) is 24.9 Å². The van der Waals surface area contributed by atoms with Gasteiger partial charge in [-0.2, -0.15) is 0 Å². The van der Waals surface area contributed by atoms with E-state index >= 15 is 0 Å². The molecule has 0 aliphatic carbocycles. The van der Waals surface area contributed by atoms with Gasteiger partial charge in [-0.15, -0.1) is 0 Å². The molecule has 12 nitrogen and oxygen atoms in total. The molecule has 1 aliphatic heterocycles. The standard InChI is InChI=1S/C20H30N6O6/c1-12(16(28)24-14-8-5-9-26(18(14)30)19(21)22)23-17(29)15(10-27)25-20(31)32-11-13-6-3-2-4-7-13/h2-4,6-7,12,14-15,18,27,30H,5,8-11H2,1H3,(H3,21,22)(H,23,29)(H,24,28)(H,25,31). The molecule has 12 heteroatoms. The largest absolute Gasteiger partial charge is 0.445 e. The molecule has 1 saturated heterocycles. The molecular formula is C20H30N6O6. The number of carbonyl (C=O) groups excluding carboxylic acids is 3. The molecule has 0 radical (unpaired) electrons. The minimum absolute atomic E-state index is 0.00769. The summed E-state index contributed by atoms with van der Waals surface area (Å²) in [5, 5.41) is 34.5. The van der Waals surface area contributed by atoms with Gasteiger partial charge in [-0.1, -0.05) is 30.3 Å². The normalized spacial score (nSPS) is 19.9. The third-order valence-corrected chi connectivity index (χ3v) is 4.99. The highest BCUT2D eigenvalue weighted by Crippen LogP contribution is 2.15. The van der Waals surface area contributed by atoms with Crippen molar-refractivity contribution >= 4 is 23.9 Å². The number of benzene rings is 1. The molecule has 0 bridgehead atoms. The third kappa shape index (κ3) is 7.10. The van der Waals surface area contributed by atoms with Gasteiger partial charge >= 0.3 is 6.09 Å². The van der Waals surface area contributed by atoms with Gasteiger partial charge in [0.15, 0.2) is 5.96 Å². The number of hydrogen-bond acceptors (Lipinski definition) is 7. The minimum atomic E-state index is -1.32. The molecule has 1 aliphatic rings. The van der Waals surface area contributed by atoms with E-state index in [2.05, 4.69) is 16.0 Å². The van der Waals surface area contributed by atoms with Crippen LogP contribution in [0.3, 0.4) is 0 Å². The number of aliphatic hydroxyl groups is 2. The Morgan fingerprint density at radius 3 is 2.56 bits per heavy atom. The van der Waals surface area contributed by atoms with E-state index in [0.29, 0.717) is 19.4 Å². The van der Waals surface area contributed by atoms with Crippen LogP contribution >= 0.6 is 0 Å². The maximum Gasteiger partial charge on any atom is 0.408 e. The highest BCUT2D eigenvalue weighted by atomic mass is 16.5. The molecule has 32 heavy (non-hydrogen) atoms. The molecule has 1 aromatic rings. The Labute approximate surface area is 185 Å². The predicted octanol–water partition coefficient (Wildman–Crippen LogP) is -1.43. The first-order chi connectivity index (χ1) is 15.2. The van der Waals surface area contributed by atoms with Crippen LogP contribution in [0.15, 0.2) is 30.3 Å². The van der Waals surface area contributed by atoms with Crippen molar-refractivity contribution in [1.29, 1.82) is 5.41 Å². The Bertz CT molecular complexity index is 807. The number of alkyl carbamates (subject to hydrolysis) is 1. The van der Waals surface area contributed by atoms with Crippen LogP contribution < -0.4 is 21.7 Å². The zero-order valence-corrected chi connectivity index (χ0v) is 17.8. The average molecular weight is 450 g/mol. The van der Waals surface area contributed by atoms with Crippen molar-refractivity contribution < 1.29 is 29.3 Å². The first-order valence-electron chi connectivity index (χ1n) is 10.2. The second-order valence-corrected chi connectivity index (χ2v) is 7.42. The molecule has 176 valence electrons. The van der Waals surface area contributed by atoms with Gasteiger partial charge in [0.2, 0.25) is 11.8 Å². The number of likely N-dealkylation sites (tertiary alicyclic amines) is 1. The summed E-state index contributed by atoms with van der Waals surface area (Å²) in [6.45, 7) is 1.12. The van der Waals surface area contributed by atoms with Gasteiger partial charge in [0.05, 0.1) is 12.6 Å². The SMILES string of the molecule is CC(NC(=O)C(CO)NC(=O)OCc1ccccc1)C(=O)NC1CCCN(C(=N)N)C1O. The van der Waals surface area contributed by atoms with Gasteiger partial charge in [0, 0.05) is 6.54 Å². The summed E-state index contributed by atoms with van der Waals surface area (Å²) in [4.78, 5) is 38.0. The molecule has 3 amide bonds. The lowest BCUT2D eigenvalue weighted by Crippen LogP contribution is -2.61. The van der Waals surface area contributed by atoms with Crippen molar-refractivity contribution in [2.45, 2.75) is 50.7 Å². The van der Waals surface area contributed by atoms with Crippen LogP contribution in [0, 0.1) is 5.41 Å². The molecule has 0 spiro atoms. The Balaban J connectivity index is 1.82. The minimum Gasteiger partial charge on any atom is -0.445 e. The van der Waals surface area contributed by atoms with E-state index in [-0.39, 0.29) is 12.6 Å². The number of piperidine rings is 1. The summed E-state index contributed by atoms with van der Waals surface area (Å²) in [7, 11) is 0. The number of nitrogens with two attached hydrogens (primary N) is 1. The molecule has 1 fully saturated rings. The number of carbonyl (C=O) groups is 3. The molecule has 2 rings (SSSR count). The topological polar surface area (TPSA) is 190 Å². The summed E-state index contributed by atoms with van der Waals surface area (Å²) >= 11 is 0. The molecule has 4 unspecified atom stereocenters. The monoisotopic (exact) mass is 450 g/mol. The number of nitrogens with zero attached hydrogens (tertiary/aromatic N) is 1. The number of guanidine groups is 1. The fourth-order valence-corrected chi connectivity index (χ4v) is 3.18. The molecule has 0 aromatic heterocycles. The smallest absolute Gasteiger partial charge is 0.408 e. The maximum absolute atomic E-state index is 12.4. The van der Waals surface area contributed by atoms with Crippen LogP contribution in [-0.2, 0) is 20.9 Å². The summed E-state index contributed by atoms with van der Waals surface area (Å²) in [5.41, 5.74) is 6.19. The van der Waals surface area contributed by atoms with Crippen molar-refractivity contribution in [3.05, 3.63) is 35.9 Å². The Morgan fingerprint density at radius 2 is 1.94 bits per heavy atom. The van der Waals surface area contributed by atoms with Crippen molar-refractivity contribution in [3.63, 3.8) is 0 Å². The molecular weight excluding hydrogens is 420 g/mol. The van der Waals surface area contributed by atoms with Crippen LogP contribution in [0.25, 0.3) is 0 Å². The Hall–Kier alpha value is -3.38. The molecule has 1 aromatic carbocycles. The lowest BCUT2D eigenvalue weighted by Gasteiger charge is -2.38. The van der Waals surface area contributed by atoms with Gasteiger partial charge in [-0.3, -0.25) is 15.0 Å². The van der Waals surface area contributed by atoms with Gasteiger partial charge in [0.25, 0.3) is 0 Å². The van der Waals surface area contributed by atoms with E-state index in [1.165, 1.54) is 11.8 Å². The number of aliphatic hydroxyl groups excluding tert-OH is 2. The second kappa shape index (κ2) is 11.9. The highest BCUT2D eigenvalue weighted by Gasteiger charge is 2.33. The summed E-state index contributed by atoms with van der Waals surface area (Å²) in [5.74, 6) is -1.65. The fraction of sp³-hybridized carbons (Fsp3) is 0.500. The third-order valence-electron chi connectivity index (χ3n) is 4.99. The van der Waals surface area contributed by atoms with E-state index in [0.717, 1.165) is 5.56 Å². The lowest BCUT2D eigenvalue weighted by atomic mass is 10.0. The van der Waals surface area contributed by atoms with Gasteiger partial charge in [-0.25, -0.2) is 4.79 Å². The van der Waals surface area contributed by atoms with Gasteiger partial charge < -0.3 is 41.5 Å². The summed E-state index contributed by atoms with van der Waals surface area (Å²) in [6, 6.07) is 5.93. The molecule has 1 heterocycles. The number of rotatable bonds is 8. The predicted molar refractivity (Wildman–Crippen MR) is 114 cm³/mol. The fourth-order valence-electron chi connectivity index (χ4n) is 3.18.